The Morgan fingerprint density at radius 3 is 2.56 bits per heavy atom. The fourth-order valence-corrected chi connectivity index (χ4v) is 2.78. The summed E-state index contributed by atoms with van der Waals surface area (Å²) >= 11 is 0. The summed E-state index contributed by atoms with van der Waals surface area (Å²) in [7, 11) is 2.04. The van der Waals surface area contributed by atoms with Gasteiger partial charge < -0.3 is 15.5 Å². The minimum atomic E-state index is 0.475. The summed E-state index contributed by atoms with van der Waals surface area (Å²) in [4.78, 5) is 13.4. The van der Waals surface area contributed by atoms with Crippen LogP contribution in [0.3, 0.4) is 0 Å². The molecule has 4 nitrogen and oxygen atoms in total. The van der Waals surface area contributed by atoms with E-state index in [2.05, 4.69) is 46.7 Å². The Morgan fingerprint density at radius 1 is 1.16 bits per heavy atom. The number of anilines is 1. The van der Waals surface area contributed by atoms with Gasteiger partial charge in [0, 0.05) is 37.9 Å². The van der Waals surface area contributed by atoms with E-state index in [9.17, 15) is 4.79 Å². The highest BCUT2D eigenvalue weighted by Crippen LogP contribution is 2.18. The van der Waals surface area contributed by atoms with Gasteiger partial charge in [-0.2, -0.15) is 0 Å². The standard InChI is InChI=1S/C21H25N3O/c1-16-3-5-17(6-4-16)14-24(2)10-9-18-11-20(8-7-19(18)15-25)23-21-12-22-13-21/h3-11,15,21-23H,12-14H2,1-2H3/b10-9-. The molecule has 2 aromatic carbocycles. The number of aldehydes is 1. The molecule has 0 unspecified atom stereocenters. The number of carbonyl (C=O) groups excluding carboxylic acids is 1. The quantitative estimate of drug-likeness (QED) is 0.762. The van der Waals surface area contributed by atoms with Crippen LogP contribution in [0.4, 0.5) is 5.69 Å². The van der Waals surface area contributed by atoms with Crippen molar-refractivity contribution < 1.29 is 4.79 Å². The highest BCUT2D eigenvalue weighted by atomic mass is 16.1. The summed E-state index contributed by atoms with van der Waals surface area (Å²) in [6.45, 7) is 4.90. The Bertz CT molecular complexity index is 748. The lowest BCUT2D eigenvalue weighted by Crippen LogP contribution is -2.51. The van der Waals surface area contributed by atoms with E-state index in [1.165, 1.54) is 11.1 Å². The first-order valence-electron chi connectivity index (χ1n) is 8.64. The summed E-state index contributed by atoms with van der Waals surface area (Å²) in [6.07, 6.45) is 4.94. The number of aryl methyl sites for hydroxylation is 1. The highest BCUT2D eigenvalue weighted by Gasteiger charge is 2.16. The van der Waals surface area contributed by atoms with E-state index >= 15 is 0 Å². The van der Waals surface area contributed by atoms with Crippen LogP contribution in [0.5, 0.6) is 0 Å². The number of nitrogens with zero attached hydrogens (tertiary/aromatic N) is 1. The Kier molecular flexibility index (Phi) is 5.51. The third kappa shape index (κ3) is 4.70. The first-order chi connectivity index (χ1) is 12.1. The molecule has 2 aromatic rings. The van der Waals surface area contributed by atoms with Crippen LogP contribution >= 0.6 is 0 Å². The molecule has 1 heterocycles. The largest absolute Gasteiger partial charge is 0.380 e. The number of hydrogen-bond donors (Lipinski definition) is 2. The average molecular weight is 335 g/mol. The van der Waals surface area contributed by atoms with E-state index < -0.39 is 0 Å². The van der Waals surface area contributed by atoms with Crippen LogP contribution in [0, 0.1) is 6.92 Å². The van der Waals surface area contributed by atoms with Gasteiger partial charge in [-0.05, 0) is 48.5 Å². The zero-order valence-electron chi connectivity index (χ0n) is 14.8. The molecule has 0 aliphatic carbocycles. The second-order valence-corrected chi connectivity index (χ2v) is 6.68. The van der Waals surface area contributed by atoms with Gasteiger partial charge >= 0.3 is 0 Å². The van der Waals surface area contributed by atoms with Crippen molar-refractivity contribution in [1.82, 2.24) is 10.2 Å². The molecular weight excluding hydrogens is 310 g/mol. The van der Waals surface area contributed by atoms with Crippen LogP contribution in [0.25, 0.3) is 6.08 Å². The normalized spacial score (nSPS) is 14.3. The third-order valence-corrected chi connectivity index (χ3v) is 4.43. The van der Waals surface area contributed by atoms with Crippen molar-refractivity contribution in [2.24, 2.45) is 0 Å². The molecular formula is C21H25N3O. The van der Waals surface area contributed by atoms with Crippen molar-refractivity contribution in [1.29, 1.82) is 0 Å². The Morgan fingerprint density at radius 2 is 1.92 bits per heavy atom. The minimum Gasteiger partial charge on any atom is -0.380 e. The minimum absolute atomic E-state index is 0.475. The van der Waals surface area contributed by atoms with Crippen LogP contribution in [-0.2, 0) is 6.54 Å². The number of nitrogens with one attached hydrogen (secondary N) is 2. The lowest BCUT2D eigenvalue weighted by Gasteiger charge is -2.29. The molecule has 2 N–H and O–H groups in total. The lowest BCUT2D eigenvalue weighted by atomic mass is 10.1. The van der Waals surface area contributed by atoms with Crippen LogP contribution in [0.2, 0.25) is 0 Å². The van der Waals surface area contributed by atoms with Gasteiger partial charge in [-0.25, -0.2) is 0 Å². The van der Waals surface area contributed by atoms with E-state index in [0.29, 0.717) is 11.6 Å². The molecule has 25 heavy (non-hydrogen) atoms. The molecule has 0 amide bonds. The van der Waals surface area contributed by atoms with E-state index in [0.717, 1.165) is 37.2 Å². The maximum absolute atomic E-state index is 11.3. The average Bonchev–Trinajstić information content (AvgIpc) is 2.58. The van der Waals surface area contributed by atoms with Gasteiger partial charge in [-0.1, -0.05) is 29.8 Å². The SMILES string of the molecule is Cc1ccc(CN(C)/C=C\c2cc(NC3CNC3)ccc2C=O)cc1. The van der Waals surface area contributed by atoms with Gasteiger partial charge in [-0.15, -0.1) is 0 Å². The summed E-state index contributed by atoms with van der Waals surface area (Å²) in [5.41, 5.74) is 5.23. The van der Waals surface area contributed by atoms with Gasteiger partial charge in [0.05, 0.1) is 6.04 Å². The van der Waals surface area contributed by atoms with Gasteiger partial charge in [0.1, 0.15) is 0 Å². The summed E-state index contributed by atoms with van der Waals surface area (Å²) in [5.74, 6) is 0. The summed E-state index contributed by atoms with van der Waals surface area (Å²) in [5, 5.41) is 6.72. The maximum Gasteiger partial charge on any atom is 0.150 e. The molecule has 1 aliphatic heterocycles. The molecule has 0 spiro atoms. The topological polar surface area (TPSA) is 44.4 Å². The second kappa shape index (κ2) is 7.99. The van der Waals surface area contributed by atoms with Crippen LogP contribution in [-0.4, -0.2) is 37.4 Å². The van der Waals surface area contributed by atoms with Crippen LogP contribution in [0.1, 0.15) is 27.0 Å². The predicted octanol–water partition coefficient (Wildman–Crippen LogP) is 3.29. The van der Waals surface area contributed by atoms with Crippen LogP contribution in [0.15, 0.2) is 48.7 Å². The van der Waals surface area contributed by atoms with Crippen molar-refractivity contribution in [3.63, 3.8) is 0 Å². The molecule has 0 saturated carbocycles. The van der Waals surface area contributed by atoms with Crippen molar-refractivity contribution in [2.45, 2.75) is 19.5 Å². The first-order valence-corrected chi connectivity index (χ1v) is 8.64. The molecule has 0 radical (unpaired) electrons. The number of carbonyl (C=O) groups is 1. The molecule has 0 atom stereocenters. The predicted molar refractivity (Wildman–Crippen MR) is 104 cm³/mol. The zero-order chi connectivity index (χ0) is 17.6. The van der Waals surface area contributed by atoms with E-state index in [1.807, 2.05) is 37.5 Å². The number of rotatable bonds is 7. The fourth-order valence-electron chi connectivity index (χ4n) is 2.78. The Balaban J connectivity index is 1.68. The van der Waals surface area contributed by atoms with Crippen molar-refractivity contribution in [2.75, 3.05) is 25.5 Å². The van der Waals surface area contributed by atoms with Crippen molar-refractivity contribution in [3.8, 4) is 0 Å². The monoisotopic (exact) mass is 335 g/mol. The third-order valence-electron chi connectivity index (χ3n) is 4.43. The Hall–Kier alpha value is -2.59. The first kappa shape index (κ1) is 17.2. The number of hydrogen-bond acceptors (Lipinski definition) is 4. The van der Waals surface area contributed by atoms with Crippen LogP contribution < -0.4 is 10.6 Å². The molecule has 1 saturated heterocycles. The smallest absolute Gasteiger partial charge is 0.150 e. The molecule has 3 rings (SSSR count). The summed E-state index contributed by atoms with van der Waals surface area (Å²) in [6, 6.07) is 14.9. The fraction of sp³-hybridized carbons (Fsp3) is 0.286. The van der Waals surface area contributed by atoms with E-state index in [4.69, 9.17) is 0 Å². The molecule has 0 bridgehead atoms. The Labute approximate surface area is 149 Å². The zero-order valence-corrected chi connectivity index (χ0v) is 14.8. The van der Waals surface area contributed by atoms with Gasteiger partial charge in [0.15, 0.2) is 6.29 Å². The number of benzene rings is 2. The van der Waals surface area contributed by atoms with Gasteiger partial charge in [0.2, 0.25) is 0 Å². The molecule has 4 heteroatoms. The van der Waals surface area contributed by atoms with Crippen molar-refractivity contribution in [3.05, 3.63) is 70.9 Å². The van der Waals surface area contributed by atoms with Gasteiger partial charge in [0.25, 0.3) is 0 Å². The van der Waals surface area contributed by atoms with E-state index in [1.54, 1.807) is 0 Å². The molecule has 1 aliphatic rings. The van der Waals surface area contributed by atoms with E-state index in [-0.39, 0.29) is 0 Å². The highest BCUT2D eigenvalue weighted by molar-refractivity contribution is 5.83. The molecule has 0 aromatic heterocycles. The second-order valence-electron chi connectivity index (χ2n) is 6.68. The summed E-state index contributed by atoms with van der Waals surface area (Å²) < 4.78 is 0. The maximum atomic E-state index is 11.3. The molecule has 130 valence electrons. The lowest BCUT2D eigenvalue weighted by molar-refractivity contribution is 0.112. The van der Waals surface area contributed by atoms with Crippen molar-refractivity contribution >= 4 is 18.0 Å². The van der Waals surface area contributed by atoms with Gasteiger partial charge in [-0.3, -0.25) is 4.79 Å². The molecule has 1 fully saturated rings.